The Hall–Kier alpha value is -1.38. The van der Waals surface area contributed by atoms with Gasteiger partial charge in [-0.25, -0.2) is 0 Å². The first-order valence-electron chi connectivity index (χ1n) is 5.90. The van der Waals surface area contributed by atoms with Gasteiger partial charge in [0.25, 0.3) is 0 Å². The molecule has 0 fully saturated rings. The van der Waals surface area contributed by atoms with Gasteiger partial charge in [-0.3, -0.25) is 0 Å². The molecule has 1 nitrogen and oxygen atoms in total. The Morgan fingerprint density at radius 1 is 1.00 bits per heavy atom. The minimum absolute atomic E-state index is 0.452. The molecule has 1 unspecified atom stereocenters. The van der Waals surface area contributed by atoms with Crippen molar-refractivity contribution in [1.82, 2.24) is 0 Å². The summed E-state index contributed by atoms with van der Waals surface area (Å²) in [6.45, 7) is 0. The van der Waals surface area contributed by atoms with Gasteiger partial charge >= 0.3 is 0 Å². The molecule has 1 N–H and O–H groups in total. The van der Waals surface area contributed by atoms with Crippen LogP contribution >= 0.6 is 15.9 Å². The maximum atomic E-state index is 9.93. The van der Waals surface area contributed by atoms with Gasteiger partial charge in [0.1, 0.15) is 0 Å². The van der Waals surface area contributed by atoms with Crippen LogP contribution in [0.5, 0.6) is 0 Å². The Bertz CT molecular complexity index is 502. The van der Waals surface area contributed by atoms with Gasteiger partial charge in [0.2, 0.25) is 0 Å². The number of hydrogen-bond donors (Lipinski definition) is 1. The second-order valence-electron chi connectivity index (χ2n) is 4.17. The number of halogens is 1. The SMILES string of the molecule is OC(/C=C/c1ccccc1)Cc1ccc(Br)cc1. The van der Waals surface area contributed by atoms with Gasteiger partial charge in [0, 0.05) is 10.9 Å². The van der Waals surface area contributed by atoms with Crippen molar-refractivity contribution in [2.75, 3.05) is 0 Å². The second-order valence-corrected chi connectivity index (χ2v) is 5.08. The Morgan fingerprint density at radius 3 is 2.33 bits per heavy atom. The molecule has 0 radical (unpaired) electrons. The van der Waals surface area contributed by atoms with Crippen LogP contribution in [0, 0.1) is 0 Å². The van der Waals surface area contributed by atoms with E-state index in [4.69, 9.17) is 0 Å². The molecule has 92 valence electrons. The molecule has 0 bridgehead atoms. The van der Waals surface area contributed by atoms with Crippen molar-refractivity contribution >= 4 is 22.0 Å². The number of aliphatic hydroxyl groups excluding tert-OH is 1. The summed E-state index contributed by atoms with van der Waals surface area (Å²) < 4.78 is 1.06. The average molecular weight is 303 g/mol. The van der Waals surface area contributed by atoms with Gasteiger partial charge in [-0.2, -0.15) is 0 Å². The van der Waals surface area contributed by atoms with Gasteiger partial charge in [-0.05, 0) is 23.3 Å². The summed E-state index contributed by atoms with van der Waals surface area (Å²) in [4.78, 5) is 0. The molecule has 2 aromatic rings. The monoisotopic (exact) mass is 302 g/mol. The van der Waals surface area contributed by atoms with Crippen LogP contribution in [0.15, 0.2) is 65.1 Å². The maximum absolute atomic E-state index is 9.93. The first-order chi connectivity index (χ1) is 8.74. The van der Waals surface area contributed by atoms with Crippen LogP contribution in [0.25, 0.3) is 6.08 Å². The fraction of sp³-hybridized carbons (Fsp3) is 0.125. The summed E-state index contributed by atoms with van der Waals surface area (Å²) in [7, 11) is 0. The smallest absolute Gasteiger partial charge is 0.0764 e. The Kier molecular flexibility index (Phi) is 4.73. The zero-order valence-corrected chi connectivity index (χ0v) is 11.5. The molecule has 0 saturated carbocycles. The normalized spacial score (nSPS) is 12.8. The highest BCUT2D eigenvalue weighted by molar-refractivity contribution is 9.10. The van der Waals surface area contributed by atoms with Gasteiger partial charge in [0.05, 0.1) is 6.10 Å². The van der Waals surface area contributed by atoms with E-state index < -0.39 is 6.10 Å². The maximum Gasteiger partial charge on any atom is 0.0764 e. The minimum atomic E-state index is -0.452. The lowest BCUT2D eigenvalue weighted by Crippen LogP contribution is -2.06. The summed E-state index contributed by atoms with van der Waals surface area (Å²) in [5.74, 6) is 0. The molecule has 1 atom stereocenters. The molecule has 2 heteroatoms. The zero-order chi connectivity index (χ0) is 12.8. The number of hydrogen-bond acceptors (Lipinski definition) is 1. The zero-order valence-electron chi connectivity index (χ0n) is 9.96. The van der Waals surface area contributed by atoms with Crippen molar-refractivity contribution in [1.29, 1.82) is 0 Å². The highest BCUT2D eigenvalue weighted by Crippen LogP contribution is 2.12. The lowest BCUT2D eigenvalue weighted by Gasteiger charge is -2.05. The highest BCUT2D eigenvalue weighted by Gasteiger charge is 2.01. The van der Waals surface area contributed by atoms with Gasteiger partial charge < -0.3 is 5.11 Å². The van der Waals surface area contributed by atoms with Crippen molar-refractivity contribution < 1.29 is 5.11 Å². The molecule has 0 aliphatic heterocycles. The fourth-order valence-corrected chi connectivity index (χ4v) is 1.98. The van der Waals surface area contributed by atoms with E-state index in [1.807, 2.05) is 66.7 Å². The van der Waals surface area contributed by atoms with Crippen LogP contribution in [0.3, 0.4) is 0 Å². The Balaban J connectivity index is 1.94. The predicted octanol–water partition coefficient (Wildman–Crippen LogP) is 4.07. The largest absolute Gasteiger partial charge is 0.389 e. The standard InChI is InChI=1S/C16H15BrO/c17-15-9-6-14(7-10-15)12-16(18)11-8-13-4-2-1-3-5-13/h1-11,16,18H,12H2/b11-8+. The van der Waals surface area contributed by atoms with Crippen LogP contribution in [0.2, 0.25) is 0 Å². The summed E-state index contributed by atoms with van der Waals surface area (Å²) in [5, 5.41) is 9.93. The lowest BCUT2D eigenvalue weighted by molar-refractivity contribution is 0.224. The van der Waals surface area contributed by atoms with Gasteiger partial charge in [-0.1, -0.05) is 70.5 Å². The molecule has 2 aromatic carbocycles. The van der Waals surface area contributed by atoms with Crippen LogP contribution in [0.4, 0.5) is 0 Å². The third-order valence-corrected chi connectivity index (χ3v) is 3.20. The summed E-state index contributed by atoms with van der Waals surface area (Å²) in [6, 6.07) is 18.0. The van der Waals surface area contributed by atoms with Crippen molar-refractivity contribution in [3.63, 3.8) is 0 Å². The van der Waals surface area contributed by atoms with Crippen molar-refractivity contribution in [3.8, 4) is 0 Å². The quantitative estimate of drug-likeness (QED) is 0.903. The van der Waals surface area contributed by atoms with Crippen molar-refractivity contribution in [3.05, 3.63) is 76.3 Å². The van der Waals surface area contributed by atoms with Gasteiger partial charge in [-0.15, -0.1) is 0 Å². The second kappa shape index (κ2) is 6.53. The molecule has 0 aliphatic carbocycles. The predicted molar refractivity (Wildman–Crippen MR) is 79.3 cm³/mol. The topological polar surface area (TPSA) is 20.2 Å². The van der Waals surface area contributed by atoms with Crippen LogP contribution in [0.1, 0.15) is 11.1 Å². The van der Waals surface area contributed by atoms with E-state index in [2.05, 4.69) is 15.9 Å². The Morgan fingerprint density at radius 2 is 1.67 bits per heavy atom. The molecular formula is C16H15BrO. The van der Waals surface area contributed by atoms with Crippen LogP contribution in [-0.2, 0) is 6.42 Å². The first-order valence-corrected chi connectivity index (χ1v) is 6.69. The number of aliphatic hydroxyl groups is 1. The third kappa shape index (κ3) is 4.13. The van der Waals surface area contributed by atoms with Crippen molar-refractivity contribution in [2.45, 2.75) is 12.5 Å². The Labute approximate surface area is 116 Å². The molecule has 0 saturated heterocycles. The van der Waals surface area contributed by atoms with E-state index >= 15 is 0 Å². The van der Waals surface area contributed by atoms with Crippen LogP contribution in [-0.4, -0.2) is 11.2 Å². The molecule has 0 amide bonds. The molecule has 0 aromatic heterocycles. The van der Waals surface area contributed by atoms with E-state index in [0.717, 1.165) is 15.6 Å². The molecular weight excluding hydrogens is 288 g/mol. The minimum Gasteiger partial charge on any atom is -0.389 e. The molecule has 0 heterocycles. The van der Waals surface area contributed by atoms with E-state index in [9.17, 15) is 5.11 Å². The molecule has 2 rings (SSSR count). The average Bonchev–Trinajstić information content (AvgIpc) is 2.40. The lowest BCUT2D eigenvalue weighted by atomic mass is 10.1. The van der Waals surface area contributed by atoms with E-state index in [-0.39, 0.29) is 0 Å². The van der Waals surface area contributed by atoms with E-state index in [1.54, 1.807) is 0 Å². The fourth-order valence-electron chi connectivity index (χ4n) is 1.72. The van der Waals surface area contributed by atoms with Gasteiger partial charge in [0.15, 0.2) is 0 Å². The van der Waals surface area contributed by atoms with E-state index in [1.165, 1.54) is 0 Å². The van der Waals surface area contributed by atoms with E-state index in [0.29, 0.717) is 6.42 Å². The van der Waals surface area contributed by atoms with Crippen molar-refractivity contribution in [2.24, 2.45) is 0 Å². The molecule has 18 heavy (non-hydrogen) atoms. The molecule has 0 spiro atoms. The van der Waals surface area contributed by atoms with Crippen LogP contribution < -0.4 is 0 Å². The highest BCUT2D eigenvalue weighted by atomic mass is 79.9. The summed E-state index contributed by atoms with van der Waals surface area (Å²) >= 11 is 3.40. The number of benzene rings is 2. The summed E-state index contributed by atoms with van der Waals surface area (Å²) in [5.41, 5.74) is 2.23. The molecule has 0 aliphatic rings. The summed E-state index contributed by atoms with van der Waals surface area (Å²) in [6.07, 6.45) is 3.96. The first kappa shape index (κ1) is 13.1. The number of rotatable bonds is 4. The third-order valence-electron chi connectivity index (χ3n) is 2.67.